The standard InChI is InChI=1S/C9H13ClN2O2S/c1-5-11-6(10)7(15-5)12-8(13)14-9(2,3)4/h1-4H3,(H,12,13). The fourth-order valence-corrected chi connectivity index (χ4v) is 1.91. The van der Waals surface area contributed by atoms with Crippen LogP contribution in [0.2, 0.25) is 5.15 Å². The highest BCUT2D eigenvalue weighted by atomic mass is 35.5. The highest BCUT2D eigenvalue weighted by Gasteiger charge is 2.18. The predicted molar refractivity (Wildman–Crippen MR) is 61.7 cm³/mol. The van der Waals surface area contributed by atoms with Gasteiger partial charge in [0.05, 0.1) is 5.01 Å². The summed E-state index contributed by atoms with van der Waals surface area (Å²) in [6.07, 6.45) is -0.520. The Bertz CT molecular complexity index is 371. The van der Waals surface area contributed by atoms with Gasteiger partial charge in [-0.25, -0.2) is 9.78 Å². The topological polar surface area (TPSA) is 51.2 Å². The first-order chi connectivity index (χ1) is 6.78. The molecule has 0 aliphatic heterocycles. The summed E-state index contributed by atoms with van der Waals surface area (Å²) in [6.45, 7) is 7.21. The number of nitrogens with one attached hydrogen (secondary N) is 1. The van der Waals surface area contributed by atoms with Crippen LogP contribution in [0.3, 0.4) is 0 Å². The molecule has 0 fully saturated rings. The van der Waals surface area contributed by atoms with Gasteiger partial charge in [-0.2, -0.15) is 0 Å². The number of halogens is 1. The summed E-state index contributed by atoms with van der Waals surface area (Å²) in [5, 5.41) is 4.16. The molecule has 84 valence electrons. The van der Waals surface area contributed by atoms with Crippen LogP contribution in [0.25, 0.3) is 0 Å². The van der Waals surface area contributed by atoms with Crippen LogP contribution in [0.15, 0.2) is 0 Å². The normalized spacial score (nSPS) is 11.3. The third kappa shape index (κ3) is 4.05. The van der Waals surface area contributed by atoms with Crippen LogP contribution in [-0.4, -0.2) is 16.7 Å². The van der Waals surface area contributed by atoms with Gasteiger partial charge < -0.3 is 4.74 Å². The van der Waals surface area contributed by atoms with Gasteiger partial charge in [0.2, 0.25) is 0 Å². The third-order valence-corrected chi connectivity index (χ3v) is 2.58. The Balaban J connectivity index is 2.63. The van der Waals surface area contributed by atoms with Crippen LogP contribution in [0, 0.1) is 6.92 Å². The lowest BCUT2D eigenvalue weighted by Crippen LogP contribution is -2.27. The van der Waals surface area contributed by atoms with Crippen molar-refractivity contribution in [1.82, 2.24) is 4.98 Å². The summed E-state index contributed by atoms with van der Waals surface area (Å²) in [4.78, 5) is 15.4. The molecular weight excluding hydrogens is 236 g/mol. The van der Waals surface area contributed by atoms with Crippen LogP contribution in [-0.2, 0) is 4.74 Å². The van der Waals surface area contributed by atoms with E-state index in [1.165, 1.54) is 11.3 Å². The highest BCUT2D eigenvalue weighted by Crippen LogP contribution is 2.28. The minimum absolute atomic E-state index is 0.295. The average Bonchev–Trinajstić information content (AvgIpc) is 2.25. The van der Waals surface area contributed by atoms with Crippen molar-refractivity contribution >= 4 is 34.0 Å². The fourth-order valence-electron chi connectivity index (χ4n) is 0.875. The van der Waals surface area contributed by atoms with E-state index in [0.29, 0.717) is 10.2 Å². The maximum atomic E-state index is 11.4. The SMILES string of the molecule is Cc1nc(Cl)c(NC(=O)OC(C)(C)C)s1. The number of hydrogen-bond acceptors (Lipinski definition) is 4. The third-order valence-electron chi connectivity index (χ3n) is 1.31. The molecule has 15 heavy (non-hydrogen) atoms. The van der Waals surface area contributed by atoms with E-state index in [1.807, 2.05) is 6.92 Å². The maximum absolute atomic E-state index is 11.4. The molecule has 0 atom stereocenters. The first-order valence-electron chi connectivity index (χ1n) is 4.41. The number of carbonyl (C=O) groups excluding carboxylic acids is 1. The zero-order chi connectivity index (χ0) is 11.6. The van der Waals surface area contributed by atoms with Gasteiger partial charge in [-0.15, -0.1) is 0 Å². The highest BCUT2D eigenvalue weighted by molar-refractivity contribution is 7.16. The van der Waals surface area contributed by atoms with Crippen molar-refractivity contribution in [2.75, 3.05) is 5.32 Å². The predicted octanol–water partition coefficient (Wildman–Crippen LogP) is 3.45. The van der Waals surface area contributed by atoms with Gasteiger partial charge in [0.15, 0.2) is 5.15 Å². The van der Waals surface area contributed by atoms with E-state index in [1.54, 1.807) is 20.8 Å². The summed E-state index contributed by atoms with van der Waals surface area (Å²) in [5.74, 6) is 0. The van der Waals surface area contributed by atoms with E-state index >= 15 is 0 Å². The Morgan fingerprint density at radius 1 is 1.53 bits per heavy atom. The summed E-state index contributed by atoms with van der Waals surface area (Å²) in [6, 6.07) is 0. The van der Waals surface area contributed by atoms with Gasteiger partial charge in [-0.1, -0.05) is 22.9 Å². The lowest BCUT2D eigenvalue weighted by molar-refractivity contribution is 0.0636. The number of anilines is 1. The number of ether oxygens (including phenoxy) is 1. The summed E-state index contributed by atoms with van der Waals surface area (Å²) in [7, 11) is 0. The number of aryl methyl sites for hydroxylation is 1. The molecule has 0 saturated heterocycles. The molecule has 0 unspecified atom stereocenters. The number of carbonyl (C=O) groups is 1. The first-order valence-corrected chi connectivity index (χ1v) is 5.60. The number of rotatable bonds is 1. The molecule has 1 heterocycles. The quantitative estimate of drug-likeness (QED) is 0.828. The monoisotopic (exact) mass is 248 g/mol. The van der Waals surface area contributed by atoms with Crippen LogP contribution < -0.4 is 5.32 Å². The van der Waals surface area contributed by atoms with Crippen LogP contribution >= 0.6 is 22.9 Å². The lowest BCUT2D eigenvalue weighted by atomic mass is 10.2. The molecule has 1 amide bonds. The molecular formula is C9H13ClN2O2S. The van der Waals surface area contributed by atoms with E-state index in [9.17, 15) is 4.79 Å². The Labute approximate surface area is 97.6 Å². The molecule has 1 aromatic rings. The zero-order valence-corrected chi connectivity index (χ0v) is 10.6. The minimum atomic E-state index is -0.520. The van der Waals surface area contributed by atoms with Gasteiger partial charge in [-0.3, -0.25) is 5.32 Å². The number of aromatic nitrogens is 1. The van der Waals surface area contributed by atoms with Gasteiger partial charge in [0.25, 0.3) is 0 Å². The van der Waals surface area contributed by atoms with Crippen molar-refractivity contribution in [3.63, 3.8) is 0 Å². The second kappa shape index (κ2) is 4.37. The van der Waals surface area contributed by atoms with Crippen LogP contribution in [0.5, 0.6) is 0 Å². The fraction of sp³-hybridized carbons (Fsp3) is 0.556. The molecule has 0 saturated carbocycles. The van der Waals surface area contributed by atoms with Crippen molar-refractivity contribution in [2.24, 2.45) is 0 Å². The Kier molecular flexibility index (Phi) is 3.57. The smallest absolute Gasteiger partial charge is 0.412 e. The second-order valence-electron chi connectivity index (χ2n) is 3.98. The average molecular weight is 249 g/mol. The van der Waals surface area contributed by atoms with Crippen LogP contribution in [0.1, 0.15) is 25.8 Å². The van der Waals surface area contributed by atoms with E-state index < -0.39 is 11.7 Å². The molecule has 0 aromatic carbocycles. The summed E-state index contributed by atoms with van der Waals surface area (Å²) in [5.41, 5.74) is -0.518. The van der Waals surface area contributed by atoms with Gasteiger partial charge in [0, 0.05) is 0 Å². The lowest BCUT2D eigenvalue weighted by Gasteiger charge is -2.19. The number of nitrogens with zero attached hydrogens (tertiary/aromatic N) is 1. The molecule has 4 nitrogen and oxygen atoms in total. The first kappa shape index (κ1) is 12.3. The van der Waals surface area contributed by atoms with E-state index in [-0.39, 0.29) is 0 Å². The molecule has 0 bridgehead atoms. The molecule has 0 spiro atoms. The summed E-state index contributed by atoms with van der Waals surface area (Å²) < 4.78 is 5.08. The molecule has 1 rings (SSSR count). The number of hydrogen-bond donors (Lipinski definition) is 1. The minimum Gasteiger partial charge on any atom is -0.444 e. The van der Waals surface area contributed by atoms with E-state index in [2.05, 4.69) is 10.3 Å². The van der Waals surface area contributed by atoms with Crippen LogP contribution in [0.4, 0.5) is 9.80 Å². The number of thiazole rings is 1. The Morgan fingerprint density at radius 2 is 2.13 bits per heavy atom. The Hall–Kier alpha value is -0.810. The molecule has 0 aliphatic carbocycles. The molecule has 0 radical (unpaired) electrons. The van der Waals surface area contributed by atoms with Gasteiger partial charge >= 0.3 is 6.09 Å². The van der Waals surface area contributed by atoms with Gasteiger partial charge in [-0.05, 0) is 27.7 Å². The largest absolute Gasteiger partial charge is 0.444 e. The molecule has 1 N–H and O–H groups in total. The molecule has 6 heteroatoms. The second-order valence-corrected chi connectivity index (χ2v) is 5.54. The summed E-state index contributed by atoms with van der Waals surface area (Å²) >= 11 is 7.10. The van der Waals surface area contributed by atoms with Crippen molar-refractivity contribution in [3.8, 4) is 0 Å². The maximum Gasteiger partial charge on any atom is 0.412 e. The van der Waals surface area contributed by atoms with Crippen molar-refractivity contribution in [2.45, 2.75) is 33.3 Å². The molecule has 0 aliphatic rings. The van der Waals surface area contributed by atoms with Crippen molar-refractivity contribution in [1.29, 1.82) is 0 Å². The van der Waals surface area contributed by atoms with Gasteiger partial charge in [0.1, 0.15) is 10.6 Å². The Morgan fingerprint density at radius 3 is 2.53 bits per heavy atom. The van der Waals surface area contributed by atoms with Crippen molar-refractivity contribution in [3.05, 3.63) is 10.2 Å². The van der Waals surface area contributed by atoms with E-state index in [4.69, 9.17) is 16.3 Å². The zero-order valence-electron chi connectivity index (χ0n) is 9.05. The van der Waals surface area contributed by atoms with E-state index in [0.717, 1.165) is 5.01 Å². The van der Waals surface area contributed by atoms with Crippen molar-refractivity contribution < 1.29 is 9.53 Å². The number of amides is 1. The molecule has 1 aromatic heterocycles.